The molecule has 0 unspecified atom stereocenters. The third-order valence-electron chi connectivity index (χ3n) is 5.20. The minimum Gasteiger partial charge on any atom is -0.355 e. The summed E-state index contributed by atoms with van der Waals surface area (Å²) in [5.74, 6) is -1.07. The van der Waals surface area contributed by atoms with Gasteiger partial charge >= 0.3 is 6.18 Å². The van der Waals surface area contributed by atoms with Gasteiger partial charge in [-0.25, -0.2) is 4.98 Å². The van der Waals surface area contributed by atoms with E-state index in [1.807, 2.05) is 27.8 Å². The first-order chi connectivity index (χ1) is 15.4. The van der Waals surface area contributed by atoms with Crippen molar-refractivity contribution in [2.45, 2.75) is 19.0 Å². The van der Waals surface area contributed by atoms with Crippen molar-refractivity contribution in [3.05, 3.63) is 40.8 Å². The zero-order chi connectivity index (χ0) is 22.3. The summed E-state index contributed by atoms with van der Waals surface area (Å²) < 4.78 is 40.0. The number of aromatic nitrogens is 5. The van der Waals surface area contributed by atoms with Crippen LogP contribution in [0.2, 0.25) is 0 Å². The van der Waals surface area contributed by atoms with Crippen LogP contribution in [0, 0.1) is 5.92 Å². The predicted octanol–water partition coefficient (Wildman–Crippen LogP) is 4.18. The molecule has 5 heterocycles. The van der Waals surface area contributed by atoms with Crippen LogP contribution in [0.1, 0.15) is 18.7 Å². The van der Waals surface area contributed by atoms with Crippen LogP contribution in [0.15, 0.2) is 35.0 Å². The van der Waals surface area contributed by atoms with E-state index in [1.54, 1.807) is 17.4 Å². The number of hydrogen-bond donors (Lipinski definition) is 1. The van der Waals surface area contributed by atoms with Gasteiger partial charge in [0.2, 0.25) is 5.91 Å². The number of piperidine rings is 1. The SMILES string of the molecule is O=C(Nc1nc(-c2cccs2)cs1)C1CCN(c2ccc3nnc(C(F)(F)F)n3n2)CC1. The molecule has 1 amide bonds. The summed E-state index contributed by atoms with van der Waals surface area (Å²) in [6.07, 6.45) is -3.53. The molecular weight excluding hydrogens is 463 g/mol. The molecule has 4 aromatic heterocycles. The van der Waals surface area contributed by atoms with E-state index in [4.69, 9.17) is 0 Å². The fourth-order valence-corrected chi connectivity index (χ4v) is 5.05. The molecule has 0 spiro atoms. The van der Waals surface area contributed by atoms with Gasteiger partial charge in [0, 0.05) is 24.4 Å². The first-order valence-corrected chi connectivity index (χ1v) is 11.5. The van der Waals surface area contributed by atoms with Crippen molar-refractivity contribution in [1.82, 2.24) is 24.8 Å². The molecule has 5 rings (SSSR count). The van der Waals surface area contributed by atoms with Crippen molar-refractivity contribution in [3.8, 4) is 10.6 Å². The number of amides is 1. The number of halogens is 3. The molecule has 0 aliphatic carbocycles. The first-order valence-electron chi connectivity index (χ1n) is 9.73. The Morgan fingerprint density at radius 2 is 1.94 bits per heavy atom. The second-order valence-corrected chi connectivity index (χ2v) is 9.05. The Bertz CT molecular complexity index is 1240. The van der Waals surface area contributed by atoms with Crippen molar-refractivity contribution < 1.29 is 18.0 Å². The zero-order valence-electron chi connectivity index (χ0n) is 16.4. The van der Waals surface area contributed by atoms with Gasteiger partial charge in [-0.05, 0) is 36.4 Å². The van der Waals surface area contributed by atoms with Gasteiger partial charge in [-0.1, -0.05) is 6.07 Å². The predicted molar refractivity (Wildman–Crippen MR) is 115 cm³/mol. The molecule has 0 radical (unpaired) electrons. The molecule has 8 nitrogen and oxygen atoms in total. The summed E-state index contributed by atoms with van der Waals surface area (Å²) in [6, 6.07) is 7.00. The van der Waals surface area contributed by atoms with E-state index in [0.717, 1.165) is 10.6 Å². The number of carbonyl (C=O) groups is 1. The average molecular weight is 480 g/mol. The lowest BCUT2D eigenvalue weighted by atomic mass is 9.96. The number of rotatable bonds is 4. The highest BCUT2D eigenvalue weighted by Crippen LogP contribution is 2.30. The highest BCUT2D eigenvalue weighted by Gasteiger charge is 2.38. The van der Waals surface area contributed by atoms with Gasteiger partial charge in [-0.2, -0.15) is 17.7 Å². The Balaban J connectivity index is 1.23. The van der Waals surface area contributed by atoms with Crippen molar-refractivity contribution in [2.75, 3.05) is 23.3 Å². The van der Waals surface area contributed by atoms with Gasteiger partial charge in [0.05, 0.1) is 10.6 Å². The number of nitrogens with zero attached hydrogens (tertiary/aromatic N) is 6. The lowest BCUT2D eigenvalue weighted by Gasteiger charge is -2.31. The van der Waals surface area contributed by atoms with Gasteiger partial charge in [0.25, 0.3) is 5.82 Å². The quantitative estimate of drug-likeness (QED) is 0.472. The molecule has 13 heteroatoms. The van der Waals surface area contributed by atoms with Crippen LogP contribution in [0.25, 0.3) is 16.2 Å². The van der Waals surface area contributed by atoms with Crippen LogP contribution in [-0.4, -0.2) is 43.8 Å². The summed E-state index contributed by atoms with van der Waals surface area (Å²) in [6.45, 7) is 0.997. The molecule has 0 aromatic carbocycles. The van der Waals surface area contributed by atoms with Crippen LogP contribution in [-0.2, 0) is 11.0 Å². The second kappa shape index (κ2) is 8.13. The lowest BCUT2D eigenvalue weighted by Crippen LogP contribution is -2.38. The Hall–Kier alpha value is -3.06. The third kappa shape index (κ3) is 4.05. The van der Waals surface area contributed by atoms with Gasteiger partial charge < -0.3 is 10.2 Å². The van der Waals surface area contributed by atoms with Gasteiger partial charge in [-0.3, -0.25) is 4.79 Å². The maximum Gasteiger partial charge on any atom is 0.453 e. The highest BCUT2D eigenvalue weighted by molar-refractivity contribution is 7.16. The number of anilines is 2. The number of carbonyl (C=O) groups excluding carboxylic acids is 1. The van der Waals surface area contributed by atoms with Crippen LogP contribution < -0.4 is 10.2 Å². The summed E-state index contributed by atoms with van der Waals surface area (Å²) in [4.78, 5) is 20.1. The Labute approximate surface area is 187 Å². The smallest absolute Gasteiger partial charge is 0.355 e. The molecular formula is C19H16F3N7OS2. The minimum atomic E-state index is -4.64. The van der Waals surface area contributed by atoms with E-state index in [1.165, 1.54) is 17.4 Å². The average Bonchev–Trinajstić information content (AvgIpc) is 3.52. The Morgan fingerprint density at radius 3 is 2.66 bits per heavy atom. The van der Waals surface area contributed by atoms with E-state index in [9.17, 15) is 18.0 Å². The fourth-order valence-electron chi connectivity index (χ4n) is 3.57. The Morgan fingerprint density at radius 1 is 1.12 bits per heavy atom. The second-order valence-electron chi connectivity index (χ2n) is 7.25. The molecule has 4 aromatic rings. The number of thiophene rings is 1. The summed E-state index contributed by atoms with van der Waals surface area (Å²) in [5.41, 5.74) is 0.865. The zero-order valence-corrected chi connectivity index (χ0v) is 18.0. The van der Waals surface area contributed by atoms with Crippen molar-refractivity contribution >= 4 is 45.2 Å². The van der Waals surface area contributed by atoms with Crippen LogP contribution in [0.4, 0.5) is 24.1 Å². The molecule has 0 bridgehead atoms. The van der Waals surface area contributed by atoms with E-state index < -0.39 is 12.0 Å². The largest absolute Gasteiger partial charge is 0.453 e. The van der Waals surface area contributed by atoms with Gasteiger partial charge in [-0.15, -0.1) is 38.0 Å². The first kappa shape index (κ1) is 20.8. The molecule has 1 aliphatic rings. The molecule has 1 aliphatic heterocycles. The van der Waals surface area contributed by atoms with Crippen LogP contribution >= 0.6 is 22.7 Å². The van der Waals surface area contributed by atoms with Crippen molar-refractivity contribution in [3.63, 3.8) is 0 Å². The summed E-state index contributed by atoms with van der Waals surface area (Å²) in [5, 5.41) is 18.1. The Kier molecular flexibility index (Phi) is 5.29. The van der Waals surface area contributed by atoms with Crippen LogP contribution in [0.3, 0.4) is 0 Å². The van der Waals surface area contributed by atoms with E-state index >= 15 is 0 Å². The normalized spacial score (nSPS) is 15.4. The molecule has 1 N–H and O–H groups in total. The molecule has 0 atom stereocenters. The van der Waals surface area contributed by atoms with E-state index in [-0.39, 0.29) is 17.5 Å². The van der Waals surface area contributed by atoms with Gasteiger partial charge in [0.15, 0.2) is 10.8 Å². The molecule has 32 heavy (non-hydrogen) atoms. The van der Waals surface area contributed by atoms with Crippen LogP contribution in [0.5, 0.6) is 0 Å². The summed E-state index contributed by atoms with van der Waals surface area (Å²) in [7, 11) is 0. The number of thiazole rings is 1. The number of alkyl halides is 3. The lowest BCUT2D eigenvalue weighted by molar-refractivity contribution is -0.146. The maximum absolute atomic E-state index is 13.1. The summed E-state index contributed by atoms with van der Waals surface area (Å²) >= 11 is 2.97. The monoisotopic (exact) mass is 479 g/mol. The van der Waals surface area contributed by atoms with E-state index in [0.29, 0.717) is 41.4 Å². The third-order valence-corrected chi connectivity index (χ3v) is 6.85. The molecule has 1 saturated heterocycles. The highest BCUT2D eigenvalue weighted by atomic mass is 32.1. The topological polar surface area (TPSA) is 88.3 Å². The van der Waals surface area contributed by atoms with E-state index in [2.05, 4.69) is 25.6 Å². The fraction of sp³-hybridized carbons (Fsp3) is 0.316. The number of hydrogen-bond acceptors (Lipinski definition) is 8. The molecule has 166 valence electrons. The van der Waals surface area contributed by atoms with Crippen molar-refractivity contribution in [1.29, 1.82) is 0 Å². The maximum atomic E-state index is 13.1. The molecule has 1 fully saturated rings. The molecule has 0 saturated carbocycles. The minimum absolute atomic E-state index is 0.0284. The van der Waals surface area contributed by atoms with Gasteiger partial charge in [0.1, 0.15) is 5.82 Å². The van der Waals surface area contributed by atoms with Crippen molar-refractivity contribution in [2.24, 2.45) is 5.92 Å². The number of nitrogens with one attached hydrogen (secondary N) is 1. The standard InChI is InChI=1S/C19H16F3N7OS2/c20-19(21,22)17-26-25-14-3-4-15(27-29(14)17)28-7-5-11(6-8-28)16(30)24-18-23-12(10-32-18)13-2-1-9-31-13/h1-4,9-11H,5-8H2,(H,23,24,30). The number of fused-ring (bicyclic) bond motifs is 1.